The van der Waals surface area contributed by atoms with E-state index < -0.39 is 5.41 Å². The van der Waals surface area contributed by atoms with Crippen molar-refractivity contribution in [2.75, 3.05) is 4.90 Å². The fourth-order valence-corrected chi connectivity index (χ4v) is 12.2. The van der Waals surface area contributed by atoms with E-state index in [0.29, 0.717) is 0 Å². The van der Waals surface area contributed by atoms with Crippen LogP contribution in [0.5, 0.6) is 0 Å². The topological polar surface area (TPSA) is 21.3 Å². The summed E-state index contributed by atoms with van der Waals surface area (Å²) in [6.07, 6.45) is 0. The maximum atomic E-state index is 6.38. The maximum absolute atomic E-state index is 6.38. The molecule has 0 atom stereocenters. The van der Waals surface area contributed by atoms with E-state index in [-0.39, 0.29) is 0 Å². The molecule has 2 aliphatic carbocycles. The van der Waals surface area contributed by atoms with Gasteiger partial charge in [0.15, 0.2) is 0 Å². The predicted molar refractivity (Wildman–Crippen MR) is 282 cm³/mol. The SMILES string of the molecule is c1cc(-c2ccc3c(c2)c2ccccc2n3-c2cccc3oc4ccccc4c23)cc(N(c2ccc3c(c2)C2(c4ccccc4-c4ccccc42)c2ccccc2-3)c2ccc3ccccc3c2)c1. The van der Waals surface area contributed by atoms with Gasteiger partial charge in [-0.05, 0) is 139 Å². The van der Waals surface area contributed by atoms with Gasteiger partial charge in [-0.2, -0.15) is 0 Å². The Hall–Kier alpha value is -8.92. The summed E-state index contributed by atoms with van der Waals surface area (Å²) in [4.78, 5) is 2.46. The molecule has 0 aliphatic heterocycles. The van der Waals surface area contributed by atoms with Crippen molar-refractivity contribution in [3.8, 4) is 39.1 Å². The third kappa shape index (κ3) is 5.07. The van der Waals surface area contributed by atoms with E-state index in [0.717, 1.165) is 66.8 Å². The molecule has 68 heavy (non-hydrogen) atoms. The molecule has 0 amide bonds. The predicted octanol–water partition coefficient (Wildman–Crippen LogP) is 17.3. The fourth-order valence-electron chi connectivity index (χ4n) is 12.2. The van der Waals surface area contributed by atoms with Crippen LogP contribution in [0, 0.1) is 0 Å². The zero-order valence-corrected chi connectivity index (χ0v) is 36.9. The third-order valence-electron chi connectivity index (χ3n) is 15.0. The van der Waals surface area contributed by atoms with E-state index in [2.05, 4.69) is 246 Å². The van der Waals surface area contributed by atoms with Gasteiger partial charge in [0, 0.05) is 33.2 Å². The highest BCUT2D eigenvalue weighted by atomic mass is 16.3. The summed E-state index contributed by atoms with van der Waals surface area (Å²) < 4.78 is 8.79. The van der Waals surface area contributed by atoms with Gasteiger partial charge in [-0.25, -0.2) is 0 Å². The average Bonchev–Trinajstić information content (AvgIpc) is 4.12. The minimum Gasteiger partial charge on any atom is -0.456 e. The third-order valence-corrected chi connectivity index (χ3v) is 15.0. The molecule has 0 saturated heterocycles. The van der Waals surface area contributed by atoms with Gasteiger partial charge >= 0.3 is 0 Å². The quantitative estimate of drug-likeness (QED) is 0.172. The Morgan fingerprint density at radius 2 is 0.912 bits per heavy atom. The first-order chi connectivity index (χ1) is 33.7. The number of benzene rings is 11. The molecule has 2 aliphatic rings. The minimum atomic E-state index is -0.448. The second-order valence-electron chi connectivity index (χ2n) is 18.4. The molecule has 2 heterocycles. The first kappa shape index (κ1) is 37.3. The van der Waals surface area contributed by atoms with Gasteiger partial charge in [-0.3, -0.25) is 0 Å². The van der Waals surface area contributed by atoms with E-state index in [4.69, 9.17) is 4.42 Å². The first-order valence-electron chi connectivity index (χ1n) is 23.5. The van der Waals surface area contributed by atoms with E-state index >= 15 is 0 Å². The summed E-state index contributed by atoms with van der Waals surface area (Å²) in [5.41, 5.74) is 20.9. The summed E-state index contributed by atoms with van der Waals surface area (Å²) >= 11 is 0. The number of furan rings is 1. The molecule has 13 aromatic rings. The number of aromatic nitrogens is 1. The van der Waals surface area contributed by atoms with E-state index in [1.165, 1.54) is 66.1 Å². The van der Waals surface area contributed by atoms with Gasteiger partial charge in [0.05, 0.1) is 27.5 Å². The summed E-state index contributed by atoms with van der Waals surface area (Å²) in [5, 5.41) is 7.09. The molecule has 3 nitrogen and oxygen atoms in total. The van der Waals surface area contributed by atoms with Crippen LogP contribution in [0.2, 0.25) is 0 Å². The molecule has 3 heteroatoms. The number of anilines is 3. The lowest BCUT2D eigenvalue weighted by molar-refractivity contribution is 0.669. The Bertz CT molecular complexity index is 4180. The molecule has 0 bridgehead atoms. The van der Waals surface area contributed by atoms with Crippen LogP contribution in [0.15, 0.2) is 247 Å². The number of rotatable bonds is 5. The van der Waals surface area contributed by atoms with Crippen molar-refractivity contribution in [1.82, 2.24) is 4.57 Å². The highest BCUT2D eigenvalue weighted by Crippen LogP contribution is 2.63. The monoisotopic (exact) mass is 864 g/mol. The Balaban J connectivity index is 0.925. The molecule has 0 fully saturated rings. The van der Waals surface area contributed by atoms with Gasteiger partial charge in [0.2, 0.25) is 0 Å². The lowest BCUT2D eigenvalue weighted by Crippen LogP contribution is -2.26. The van der Waals surface area contributed by atoms with E-state index in [9.17, 15) is 0 Å². The molecule has 11 aromatic carbocycles. The molecule has 0 radical (unpaired) electrons. The second-order valence-corrected chi connectivity index (χ2v) is 18.4. The number of fused-ring (bicyclic) bond motifs is 17. The van der Waals surface area contributed by atoms with Crippen molar-refractivity contribution in [1.29, 1.82) is 0 Å². The zero-order valence-electron chi connectivity index (χ0n) is 36.9. The van der Waals surface area contributed by atoms with Gasteiger partial charge in [0.25, 0.3) is 0 Å². The standard InChI is InChI=1S/C65H40N2O/c1-2-16-42-37-46(33-31-41(42)15-1)66(47-34-35-51-50-21-5-10-26-57(50)65(58(51)40-47)55-24-8-3-19-48(55)49-20-4-9-25-56(49)65)45-18-13-17-43(38-45)44-32-36-60-54(39-44)52-22-6-11-27-59(52)67(60)61-28-14-30-63-64(61)53-23-7-12-29-62(53)68-63/h1-40H. The average molecular weight is 865 g/mol. The molecule has 0 N–H and O–H groups in total. The van der Waals surface area contributed by atoms with Crippen LogP contribution in [0.4, 0.5) is 17.1 Å². The van der Waals surface area contributed by atoms with Crippen LogP contribution >= 0.6 is 0 Å². The lowest BCUT2D eigenvalue weighted by Gasteiger charge is -2.32. The summed E-state index contributed by atoms with van der Waals surface area (Å²) in [6.45, 7) is 0. The van der Waals surface area contributed by atoms with Crippen molar-refractivity contribution >= 4 is 71.6 Å². The molecular formula is C65H40N2O. The second kappa shape index (κ2) is 14.0. The molecule has 316 valence electrons. The number of hydrogen-bond donors (Lipinski definition) is 0. The molecule has 15 rings (SSSR count). The van der Waals surface area contributed by atoms with Crippen LogP contribution in [0.3, 0.4) is 0 Å². The van der Waals surface area contributed by atoms with Crippen molar-refractivity contribution in [2.24, 2.45) is 0 Å². The summed E-state index contributed by atoms with van der Waals surface area (Å²) in [6, 6.07) is 89.5. The highest BCUT2D eigenvalue weighted by molar-refractivity contribution is 6.15. The fraction of sp³-hybridized carbons (Fsp3) is 0.0154. The van der Waals surface area contributed by atoms with Gasteiger partial charge in [-0.15, -0.1) is 0 Å². The van der Waals surface area contributed by atoms with E-state index in [1.54, 1.807) is 0 Å². The maximum Gasteiger partial charge on any atom is 0.137 e. The zero-order chi connectivity index (χ0) is 44.5. The highest BCUT2D eigenvalue weighted by Gasteiger charge is 2.51. The van der Waals surface area contributed by atoms with Crippen LogP contribution in [0.1, 0.15) is 22.3 Å². The van der Waals surface area contributed by atoms with Crippen molar-refractivity contribution in [3.05, 3.63) is 265 Å². The number of hydrogen-bond acceptors (Lipinski definition) is 2. The van der Waals surface area contributed by atoms with Crippen LogP contribution in [-0.4, -0.2) is 4.57 Å². The molecule has 2 aromatic heterocycles. The molecular weight excluding hydrogens is 825 g/mol. The Morgan fingerprint density at radius 1 is 0.338 bits per heavy atom. The summed E-state index contributed by atoms with van der Waals surface area (Å²) in [5.74, 6) is 0. The first-order valence-corrected chi connectivity index (χ1v) is 23.5. The minimum absolute atomic E-state index is 0.448. The van der Waals surface area contributed by atoms with Crippen molar-refractivity contribution < 1.29 is 4.42 Å². The Morgan fingerprint density at radius 3 is 1.71 bits per heavy atom. The molecule has 1 spiro atoms. The lowest BCUT2D eigenvalue weighted by atomic mass is 9.70. The Labute approximate surface area is 393 Å². The Kier molecular flexibility index (Phi) is 7.71. The molecule has 0 unspecified atom stereocenters. The smallest absolute Gasteiger partial charge is 0.137 e. The van der Waals surface area contributed by atoms with Gasteiger partial charge in [-0.1, -0.05) is 170 Å². The number of nitrogens with zero attached hydrogens (tertiary/aromatic N) is 2. The van der Waals surface area contributed by atoms with Gasteiger partial charge in [0.1, 0.15) is 11.2 Å². The largest absolute Gasteiger partial charge is 0.456 e. The van der Waals surface area contributed by atoms with Crippen LogP contribution in [0.25, 0.3) is 93.6 Å². The van der Waals surface area contributed by atoms with Crippen LogP contribution < -0.4 is 4.90 Å². The van der Waals surface area contributed by atoms with Crippen LogP contribution in [-0.2, 0) is 5.41 Å². The van der Waals surface area contributed by atoms with E-state index in [1.807, 2.05) is 6.07 Å². The van der Waals surface area contributed by atoms with Crippen molar-refractivity contribution in [3.63, 3.8) is 0 Å². The molecule has 0 saturated carbocycles. The summed E-state index contributed by atoms with van der Waals surface area (Å²) in [7, 11) is 0. The number of para-hydroxylation sites is 2. The van der Waals surface area contributed by atoms with Crippen molar-refractivity contribution in [2.45, 2.75) is 5.41 Å². The van der Waals surface area contributed by atoms with Gasteiger partial charge < -0.3 is 13.9 Å². The normalized spacial score (nSPS) is 13.1.